The van der Waals surface area contributed by atoms with Gasteiger partial charge in [-0.2, -0.15) is 0 Å². The van der Waals surface area contributed by atoms with Crippen LogP contribution in [0, 0.1) is 5.92 Å². The third-order valence-corrected chi connectivity index (χ3v) is 2.64. The van der Waals surface area contributed by atoms with Gasteiger partial charge >= 0.3 is 0 Å². The van der Waals surface area contributed by atoms with Gasteiger partial charge in [0.1, 0.15) is 0 Å². The monoisotopic (exact) mass is 242 g/mol. The van der Waals surface area contributed by atoms with Crippen molar-refractivity contribution in [2.45, 2.75) is 6.42 Å². The lowest BCUT2D eigenvalue weighted by Gasteiger charge is -2.16. The molecule has 0 N–H and O–H groups in total. The van der Waals surface area contributed by atoms with Crippen molar-refractivity contribution in [3.05, 3.63) is 10.4 Å². The molecule has 17 heavy (non-hydrogen) atoms. The molecule has 0 bridgehead atoms. The number of ether oxygens (including phenoxy) is 2. The number of likely N-dealkylation sites (tertiary alicyclic amines) is 1. The molecule has 1 atom stereocenters. The van der Waals surface area contributed by atoms with Gasteiger partial charge in [-0.25, -0.2) is 0 Å². The summed E-state index contributed by atoms with van der Waals surface area (Å²) in [7, 11) is 1.62. The summed E-state index contributed by atoms with van der Waals surface area (Å²) in [5.41, 5.74) is 8.21. The third kappa shape index (κ3) is 5.04. The number of azide groups is 1. The van der Waals surface area contributed by atoms with Gasteiger partial charge in [0.25, 0.3) is 0 Å². The van der Waals surface area contributed by atoms with Gasteiger partial charge in [-0.1, -0.05) is 5.11 Å². The Morgan fingerprint density at radius 3 is 3.06 bits per heavy atom. The molecule has 1 fully saturated rings. The topological polar surface area (TPSA) is 87.5 Å². The Bertz CT molecular complexity index is 291. The van der Waals surface area contributed by atoms with Gasteiger partial charge in [0.2, 0.25) is 5.91 Å². The average Bonchev–Trinajstić information content (AvgIpc) is 2.67. The standard InChI is InChI=1S/C10H18N4O3/c1-16-4-5-17-3-2-14-8-9(6-10(14)15)7-12-13-11/h9H,2-8H2,1H3. The maximum Gasteiger partial charge on any atom is 0.223 e. The van der Waals surface area contributed by atoms with Gasteiger partial charge in [-0.15, -0.1) is 0 Å². The molecule has 0 saturated carbocycles. The summed E-state index contributed by atoms with van der Waals surface area (Å²) in [6, 6.07) is 0. The first-order chi connectivity index (χ1) is 8.27. The second-order valence-electron chi connectivity index (χ2n) is 3.93. The van der Waals surface area contributed by atoms with Crippen molar-refractivity contribution in [1.82, 2.24) is 4.90 Å². The molecule has 1 rings (SSSR count). The Hall–Kier alpha value is -1.30. The minimum Gasteiger partial charge on any atom is -0.382 e. The van der Waals surface area contributed by atoms with Crippen LogP contribution >= 0.6 is 0 Å². The number of hydrogen-bond donors (Lipinski definition) is 0. The zero-order valence-corrected chi connectivity index (χ0v) is 10.0. The quantitative estimate of drug-likeness (QED) is 0.273. The largest absolute Gasteiger partial charge is 0.382 e. The highest BCUT2D eigenvalue weighted by Gasteiger charge is 2.28. The van der Waals surface area contributed by atoms with Gasteiger partial charge < -0.3 is 14.4 Å². The molecule has 1 heterocycles. The summed E-state index contributed by atoms with van der Waals surface area (Å²) < 4.78 is 10.1. The molecule has 1 amide bonds. The van der Waals surface area contributed by atoms with Crippen molar-refractivity contribution in [1.29, 1.82) is 0 Å². The zero-order chi connectivity index (χ0) is 12.5. The smallest absolute Gasteiger partial charge is 0.223 e. The van der Waals surface area contributed by atoms with Crippen molar-refractivity contribution < 1.29 is 14.3 Å². The first-order valence-electron chi connectivity index (χ1n) is 5.63. The van der Waals surface area contributed by atoms with Crippen molar-refractivity contribution >= 4 is 5.91 Å². The maximum absolute atomic E-state index is 11.6. The van der Waals surface area contributed by atoms with Crippen molar-refractivity contribution in [2.75, 3.05) is 46.6 Å². The van der Waals surface area contributed by atoms with Crippen LogP contribution in [0.4, 0.5) is 0 Å². The molecule has 1 unspecified atom stereocenters. The SMILES string of the molecule is COCCOCCN1CC(CN=[N+]=[N-])CC1=O. The third-order valence-electron chi connectivity index (χ3n) is 2.64. The van der Waals surface area contributed by atoms with Crippen LogP contribution in [0.15, 0.2) is 5.11 Å². The van der Waals surface area contributed by atoms with E-state index < -0.39 is 0 Å². The Morgan fingerprint density at radius 2 is 2.35 bits per heavy atom. The van der Waals surface area contributed by atoms with Gasteiger partial charge in [0.15, 0.2) is 0 Å². The highest BCUT2D eigenvalue weighted by atomic mass is 16.5. The van der Waals surface area contributed by atoms with Crippen LogP contribution in [0.25, 0.3) is 10.4 Å². The summed E-state index contributed by atoms with van der Waals surface area (Å²) in [6.45, 7) is 3.27. The lowest BCUT2D eigenvalue weighted by atomic mass is 10.1. The number of carbonyl (C=O) groups is 1. The number of rotatable bonds is 8. The van der Waals surface area contributed by atoms with Crippen molar-refractivity contribution in [2.24, 2.45) is 11.0 Å². The molecular weight excluding hydrogens is 224 g/mol. The lowest BCUT2D eigenvalue weighted by Crippen LogP contribution is -2.29. The van der Waals surface area contributed by atoms with E-state index in [1.165, 1.54) is 0 Å². The molecule has 0 aromatic carbocycles. The lowest BCUT2D eigenvalue weighted by molar-refractivity contribution is -0.128. The Labute approximate surface area is 100 Å². The summed E-state index contributed by atoms with van der Waals surface area (Å²) >= 11 is 0. The zero-order valence-electron chi connectivity index (χ0n) is 10.0. The van der Waals surface area contributed by atoms with E-state index in [1.54, 1.807) is 12.0 Å². The fourth-order valence-corrected chi connectivity index (χ4v) is 1.76. The fourth-order valence-electron chi connectivity index (χ4n) is 1.76. The minimum atomic E-state index is 0.110. The predicted molar refractivity (Wildman–Crippen MR) is 61.4 cm³/mol. The summed E-state index contributed by atoms with van der Waals surface area (Å²) in [5, 5.41) is 3.50. The first kappa shape index (κ1) is 13.8. The summed E-state index contributed by atoms with van der Waals surface area (Å²) in [5.74, 6) is 0.260. The average molecular weight is 242 g/mol. The van der Waals surface area contributed by atoms with E-state index in [1.807, 2.05) is 0 Å². The van der Waals surface area contributed by atoms with E-state index in [2.05, 4.69) is 10.0 Å². The van der Waals surface area contributed by atoms with Crippen LogP contribution < -0.4 is 0 Å². The molecule has 1 aliphatic heterocycles. The molecular formula is C10H18N4O3. The molecule has 0 aromatic rings. The molecule has 0 radical (unpaired) electrons. The van der Waals surface area contributed by atoms with Gasteiger partial charge in [0.05, 0.1) is 19.8 Å². The number of hydrogen-bond acceptors (Lipinski definition) is 4. The molecule has 7 nitrogen and oxygen atoms in total. The summed E-state index contributed by atoms with van der Waals surface area (Å²) in [4.78, 5) is 16.0. The normalized spacial score (nSPS) is 19.5. The Balaban J connectivity index is 2.16. The number of carbonyl (C=O) groups excluding carboxylic acids is 1. The number of amides is 1. The molecule has 1 aliphatic rings. The van der Waals surface area contributed by atoms with Crippen LogP contribution in [0.5, 0.6) is 0 Å². The van der Waals surface area contributed by atoms with E-state index in [9.17, 15) is 4.79 Å². The van der Waals surface area contributed by atoms with E-state index in [4.69, 9.17) is 15.0 Å². The van der Waals surface area contributed by atoms with E-state index in [0.717, 1.165) is 0 Å². The highest BCUT2D eigenvalue weighted by molar-refractivity contribution is 5.78. The predicted octanol–water partition coefficient (Wildman–Crippen LogP) is 0.808. The minimum absolute atomic E-state index is 0.110. The van der Waals surface area contributed by atoms with Gasteiger partial charge in [-0.05, 0) is 11.4 Å². The van der Waals surface area contributed by atoms with Gasteiger partial charge in [0, 0.05) is 38.1 Å². The summed E-state index contributed by atoms with van der Waals surface area (Å²) in [6.07, 6.45) is 0.469. The maximum atomic E-state index is 11.6. The number of nitrogens with zero attached hydrogens (tertiary/aromatic N) is 4. The van der Waals surface area contributed by atoms with Crippen LogP contribution in [-0.4, -0.2) is 57.4 Å². The first-order valence-corrected chi connectivity index (χ1v) is 5.63. The second-order valence-corrected chi connectivity index (χ2v) is 3.93. The number of methoxy groups -OCH3 is 1. The van der Waals surface area contributed by atoms with Crippen LogP contribution in [0.2, 0.25) is 0 Å². The van der Waals surface area contributed by atoms with Gasteiger partial charge in [-0.3, -0.25) is 4.79 Å². The molecule has 0 aliphatic carbocycles. The van der Waals surface area contributed by atoms with E-state index >= 15 is 0 Å². The van der Waals surface area contributed by atoms with E-state index in [-0.39, 0.29) is 11.8 Å². The van der Waals surface area contributed by atoms with Crippen LogP contribution in [0.1, 0.15) is 6.42 Å². The van der Waals surface area contributed by atoms with Crippen LogP contribution in [-0.2, 0) is 14.3 Å². The second kappa shape index (κ2) is 7.89. The molecule has 96 valence electrons. The fraction of sp³-hybridized carbons (Fsp3) is 0.900. The molecule has 7 heteroatoms. The molecule has 0 spiro atoms. The highest BCUT2D eigenvalue weighted by Crippen LogP contribution is 2.17. The Morgan fingerprint density at radius 1 is 1.53 bits per heavy atom. The van der Waals surface area contributed by atoms with Crippen molar-refractivity contribution in [3.63, 3.8) is 0 Å². The van der Waals surface area contributed by atoms with E-state index in [0.29, 0.717) is 45.9 Å². The Kier molecular flexibility index (Phi) is 6.39. The molecule has 0 aromatic heterocycles. The van der Waals surface area contributed by atoms with Crippen LogP contribution in [0.3, 0.4) is 0 Å². The van der Waals surface area contributed by atoms with Crippen molar-refractivity contribution in [3.8, 4) is 0 Å². The molecule has 1 saturated heterocycles.